The molecular formula is C86H88F11N17O12. The predicted octanol–water partition coefficient (Wildman–Crippen LogP) is 15.1. The van der Waals surface area contributed by atoms with Crippen LogP contribution in [0.2, 0.25) is 0 Å². The molecule has 126 heavy (non-hydrogen) atoms. The molecule has 666 valence electrons. The van der Waals surface area contributed by atoms with Crippen LogP contribution in [0.1, 0.15) is 152 Å². The average Bonchev–Trinajstić information content (AvgIpc) is 1.58. The van der Waals surface area contributed by atoms with Crippen molar-refractivity contribution in [2.45, 2.75) is 121 Å². The second-order valence-corrected chi connectivity index (χ2v) is 30.9. The summed E-state index contributed by atoms with van der Waals surface area (Å²) in [6.07, 6.45) is -9.38. The number of rotatable bonds is 23. The van der Waals surface area contributed by atoms with E-state index in [4.69, 9.17) is 28.4 Å². The number of carbonyl (C=O) groups excluding carboxylic acids is 6. The molecule has 3 fully saturated rings. The van der Waals surface area contributed by atoms with E-state index in [2.05, 4.69) is 71.6 Å². The third-order valence-electron chi connectivity index (χ3n) is 21.7. The fraction of sp³-hybridized carbons (Fsp3) is 0.372. The zero-order chi connectivity index (χ0) is 90.3. The summed E-state index contributed by atoms with van der Waals surface area (Å²) in [7, 11) is 11.2. The molecule has 5 aliphatic heterocycles. The first kappa shape index (κ1) is 90.6. The summed E-state index contributed by atoms with van der Waals surface area (Å²) >= 11 is 0. The molecule has 40 heteroatoms. The van der Waals surface area contributed by atoms with E-state index in [1.54, 1.807) is 102 Å². The Morgan fingerprint density at radius 1 is 0.460 bits per heavy atom. The number of likely N-dealkylation sites (tertiary alicyclic amines) is 2. The molecule has 15 rings (SSSR count). The van der Waals surface area contributed by atoms with Crippen molar-refractivity contribution in [1.29, 1.82) is 0 Å². The molecule has 0 radical (unpaired) electrons. The van der Waals surface area contributed by atoms with Gasteiger partial charge in [0.05, 0.1) is 48.9 Å². The zero-order valence-electron chi connectivity index (χ0n) is 69.4. The third kappa shape index (κ3) is 21.6. The van der Waals surface area contributed by atoms with E-state index in [1.807, 2.05) is 7.05 Å². The van der Waals surface area contributed by atoms with E-state index in [1.165, 1.54) is 71.4 Å². The van der Waals surface area contributed by atoms with E-state index in [0.29, 0.717) is 89.6 Å². The first-order valence-corrected chi connectivity index (χ1v) is 39.9. The Balaban J connectivity index is 0.000000162. The summed E-state index contributed by atoms with van der Waals surface area (Å²) in [4.78, 5) is 108. The van der Waals surface area contributed by atoms with E-state index in [9.17, 15) is 77.1 Å². The van der Waals surface area contributed by atoms with Crippen molar-refractivity contribution in [1.82, 2.24) is 70.4 Å². The van der Waals surface area contributed by atoms with Crippen molar-refractivity contribution in [3.05, 3.63) is 200 Å². The molecule has 6 amide bonds. The number of hydrogen-bond acceptors (Lipinski definition) is 23. The molecule has 2 saturated heterocycles. The largest absolute Gasteiger partial charge is 0.495 e. The molecule has 3 aromatic heterocycles. The van der Waals surface area contributed by atoms with Crippen molar-refractivity contribution in [2.75, 3.05) is 105 Å². The number of aryl methyl sites for hydroxylation is 1. The van der Waals surface area contributed by atoms with Gasteiger partial charge in [-0.05, 0) is 154 Å². The maximum atomic E-state index is 13.9. The van der Waals surface area contributed by atoms with Gasteiger partial charge in [0, 0.05) is 146 Å². The second-order valence-electron chi connectivity index (χ2n) is 30.9. The monoisotopic (exact) mass is 1760 g/mol. The fourth-order valence-corrected chi connectivity index (χ4v) is 15.0. The lowest BCUT2D eigenvalue weighted by Gasteiger charge is -2.32. The van der Waals surface area contributed by atoms with Gasteiger partial charge in [0.1, 0.15) is 45.4 Å². The summed E-state index contributed by atoms with van der Waals surface area (Å²) in [5, 5.41) is 17.4. The van der Waals surface area contributed by atoms with Gasteiger partial charge in [-0.1, -0.05) is 36.4 Å². The van der Waals surface area contributed by atoms with Gasteiger partial charge in [0.2, 0.25) is 41.4 Å². The summed E-state index contributed by atoms with van der Waals surface area (Å²) in [6, 6.07) is 27.8. The first-order valence-electron chi connectivity index (χ1n) is 39.9. The highest BCUT2D eigenvalue weighted by Crippen LogP contribution is 2.45. The quantitative estimate of drug-likeness (QED) is 0.0324. The van der Waals surface area contributed by atoms with Crippen LogP contribution in [0.5, 0.6) is 46.4 Å². The number of ether oxygens (including phenoxy) is 6. The van der Waals surface area contributed by atoms with Crippen molar-refractivity contribution < 1.29 is 105 Å². The SMILES string of the molecule is COCCN1CCC(NC(=O)c2ccc(Nc3ncc(C(F)(F)F)c(Oc4cccc5c4C(=O)N(C)C5)n3)c(OC)c2)CC1.COc1cc(C(=O)NC2CCC(F)(F)CC2)ccc1Nc1ncc(C(F)(F)F)c(Oc2cccc3c2C(=O)N(C)C3)n1.Cc1cc(C(=O)NC2CCCN(C)C2)ccc1Nc1ncc(C(F)(F)F)c(Oc2cccc3c2C(=O)N(C)C3)n1. The van der Waals surface area contributed by atoms with Gasteiger partial charge in [-0.2, -0.15) is 54.5 Å². The number of hydrogen-bond donors (Lipinski definition) is 6. The Bertz CT molecular complexity index is 5580. The Labute approximate surface area is 715 Å². The average molecular weight is 1760 g/mol. The highest BCUT2D eigenvalue weighted by Gasteiger charge is 2.43. The zero-order valence-corrected chi connectivity index (χ0v) is 69.4. The number of anilines is 6. The molecule has 0 bridgehead atoms. The summed E-state index contributed by atoms with van der Waals surface area (Å²) in [5.74, 6) is -7.41. The van der Waals surface area contributed by atoms with Crippen LogP contribution in [0.4, 0.5) is 83.2 Å². The molecule has 6 aliphatic rings. The van der Waals surface area contributed by atoms with Crippen LogP contribution in [0.25, 0.3) is 0 Å². The number of halogens is 11. The second kappa shape index (κ2) is 38.2. The number of piperidine rings is 2. The van der Waals surface area contributed by atoms with Gasteiger partial charge in [-0.3, -0.25) is 28.8 Å². The maximum Gasteiger partial charge on any atom is 0.423 e. The number of aromatic nitrogens is 6. The number of amides is 6. The number of benzene rings is 6. The molecule has 1 saturated carbocycles. The van der Waals surface area contributed by atoms with Crippen molar-refractivity contribution in [3.8, 4) is 46.4 Å². The minimum atomic E-state index is -4.85. The predicted molar refractivity (Wildman–Crippen MR) is 437 cm³/mol. The number of alkyl halides is 11. The minimum absolute atomic E-state index is 0.0160. The molecule has 1 unspecified atom stereocenters. The topological polar surface area (TPSA) is 324 Å². The molecule has 1 aliphatic carbocycles. The van der Waals surface area contributed by atoms with E-state index < -0.39 is 70.6 Å². The first-order chi connectivity index (χ1) is 59.9. The molecule has 6 aromatic carbocycles. The van der Waals surface area contributed by atoms with E-state index >= 15 is 0 Å². The minimum Gasteiger partial charge on any atom is -0.495 e. The highest BCUT2D eigenvalue weighted by atomic mass is 19.4. The molecule has 9 aromatic rings. The van der Waals surface area contributed by atoms with Crippen LogP contribution < -0.4 is 55.6 Å². The smallest absolute Gasteiger partial charge is 0.423 e. The van der Waals surface area contributed by atoms with Crippen molar-refractivity contribution in [2.24, 2.45) is 0 Å². The standard InChI is InChI=1S/C30H33F3N6O5.C28H26F5N5O4.C28H29F3N6O3/c1-38-17-19-5-4-6-23(25(19)28(38)41)44-27-21(30(31,32)33)16-34-29(37-27)36-22-8-7-18(15-24(22)43-3)26(40)35-20-9-11-39(12-10-20)13-14-42-2;1-38-14-16-4-3-5-20(22(16)25(38)40)42-24-18(28(31,32)33)13-34-26(37-24)36-19-7-6-15(12-21(19)41-2)23(39)35-17-8-10-27(29,30)11-9-17;1-16-12-17(24(38)33-19-7-5-11-36(2)15-19)9-10-21(16)34-27-32-13-20(28(29,30)31)25(35-27)40-22-8-4-6-18-14-37(3)26(39)23(18)22/h4-8,15-16,20H,9-14,17H2,1-3H3,(H,35,40)(H,34,36,37);3-7,12-13,17H,8-11,14H2,1-2H3,(H,35,39)(H,34,36,37);4,6,8-10,12-13,19H,5,7,11,14-15H2,1-3H3,(H,33,38)(H,32,34,35). The van der Waals surface area contributed by atoms with E-state index in [-0.39, 0.29) is 142 Å². The summed E-state index contributed by atoms with van der Waals surface area (Å²) in [6.45, 7) is 7.74. The molecule has 1 atom stereocenters. The van der Waals surface area contributed by atoms with Crippen LogP contribution in [-0.2, 0) is 42.9 Å². The normalized spacial score (nSPS) is 16.6. The molecule has 0 spiro atoms. The van der Waals surface area contributed by atoms with Crippen molar-refractivity contribution >= 4 is 70.4 Å². The summed E-state index contributed by atoms with van der Waals surface area (Å²) in [5.41, 5.74) is 1.57. The van der Waals surface area contributed by atoms with Gasteiger partial charge in [-0.15, -0.1) is 0 Å². The fourth-order valence-electron chi connectivity index (χ4n) is 15.0. The molecule has 29 nitrogen and oxygen atoms in total. The van der Waals surface area contributed by atoms with Gasteiger partial charge in [0.15, 0.2) is 0 Å². The van der Waals surface area contributed by atoms with E-state index in [0.717, 1.165) is 58.4 Å². The lowest BCUT2D eigenvalue weighted by molar-refractivity contribution is -0.140. The highest BCUT2D eigenvalue weighted by molar-refractivity contribution is 6.03. The van der Waals surface area contributed by atoms with Crippen molar-refractivity contribution in [3.63, 3.8) is 0 Å². The lowest BCUT2D eigenvalue weighted by Crippen LogP contribution is -2.46. The number of methoxy groups -OCH3 is 3. The maximum absolute atomic E-state index is 13.9. The molecule has 8 heterocycles. The van der Waals surface area contributed by atoms with Gasteiger partial charge in [0.25, 0.3) is 35.4 Å². The van der Waals surface area contributed by atoms with Gasteiger partial charge in [-0.25, -0.2) is 23.7 Å². The Morgan fingerprint density at radius 2 is 0.825 bits per heavy atom. The van der Waals surface area contributed by atoms with Crippen LogP contribution >= 0.6 is 0 Å². The number of nitrogens with zero attached hydrogens (tertiary/aromatic N) is 11. The van der Waals surface area contributed by atoms with Gasteiger partial charge < -0.3 is 84.8 Å². The Kier molecular flexibility index (Phi) is 27.4. The van der Waals surface area contributed by atoms with Crippen LogP contribution in [0.15, 0.2) is 128 Å². The summed E-state index contributed by atoms with van der Waals surface area (Å²) < 4.78 is 184. The Morgan fingerprint density at radius 3 is 1.19 bits per heavy atom. The Hall–Kier alpha value is -13.1. The number of carbonyl (C=O) groups is 6. The van der Waals surface area contributed by atoms with Crippen LogP contribution in [-0.4, -0.2) is 203 Å². The molecule has 6 N–H and O–H groups in total. The number of fused-ring (bicyclic) bond motifs is 3. The van der Waals surface area contributed by atoms with Crippen LogP contribution in [0, 0.1) is 6.92 Å². The van der Waals surface area contributed by atoms with Crippen LogP contribution in [0.3, 0.4) is 0 Å². The number of nitrogens with one attached hydrogen (secondary N) is 6. The molecular weight excluding hydrogens is 1670 g/mol. The lowest BCUT2D eigenvalue weighted by atomic mass is 9.92. The van der Waals surface area contributed by atoms with Gasteiger partial charge >= 0.3 is 18.5 Å². The number of likely N-dealkylation sites (N-methyl/N-ethyl adjacent to an activating group) is 1. The third-order valence-corrected chi connectivity index (χ3v) is 21.7.